The number of alkyl halides is 2. The lowest BCUT2D eigenvalue weighted by Crippen LogP contribution is -2.02. The molecule has 0 aliphatic carbocycles. The van der Waals surface area contributed by atoms with E-state index in [0.29, 0.717) is 0 Å². The van der Waals surface area contributed by atoms with Crippen molar-refractivity contribution in [3.8, 4) is 0 Å². The van der Waals surface area contributed by atoms with Crippen molar-refractivity contribution in [2.24, 2.45) is 4.99 Å². The summed E-state index contributed by atoms with van der Waals surface area (Å²) in [5.41, 5.74) is 0. The van der Waals surface area contributed by atoms with Crippen molar-refractivity contribution < 1.29 is 0 Å². The molecule has 0 aromatic rings. The zero-order valence-corrected chi connectivity index (χ0v) is 7.50. The summed E-state index contributed by atoms with van der Waals surface area (Å²) in [6.45, 7) is 3.80. The second-order valence-corrected chi connectivity index (χ2v) is 3.33. The van der Waals surface area contributed by atoms with Crippen LogP contribution in [0.1, 0.15) is 13.8 Å². The molecule has 0 amide bonds. The second kappa shape index (κ2) is 4.37. The van der Waals surface area contributed by atoms with Gasteiger partial charge < -0.3 is 0 Å². The molecule has 54 valence electrons. The van der Waals surface area contributed by atoms with Gasteiger partial charge in [-0.3, -0.25) is 4.99 Å². The average molecular weight is 188 g/mol. The molecule has 1 nitrogen and oxygen atoms in total. The summed E-state index contributed by atoms with van der Waals surface area (Å²) in [5, 5.41) is 0.258. The molecule has 0 saturated carbocycles. The molecule has 0 aliphatic rings. The molecule has 0 saturated heterocycles. The molecular formula is C5H8Cl3N. The molecule has 0 aromatic heterocycles. The number of rotatable bonds is 2. The molecule has 0 aromatic carbocycles. The number of hydrogen-bond acceptors (Lipinski definition) is 1. The fourth-order valence-electron chi connectivity index (χ4n) is 0.303. The molecule has 4 heteroatoms. The molecule has 0 atom stereocenters. The SMILES string of the molecule is CC(C)/N=C(/Cl)C(Cl)Cl. The summed E-state index contributed by atoms with van der Waals surface area (Å²) < 4.78 is 0. The van der Waals surface area contributed by atoms with Gasteiger partial charge in [-0.25, -0.2) is 0 Å². The summed E-state index contributed by atoms with van der Waals surface area (Å²) in [6.07, 6.45) is 0. The third-order valence-electron chi connectivity index (χ3n) is 0.562. The van der Waals surface area contributed by atoms with Crippen molar-refractivity contribution in [1.29, 1.82) is 0 Å². The summed E-state index contributed by atoms with van der Waals surface area (Å²) in [6, 6.07) is 0.150. The van der Waals surface area contributed by atoms with Gasteiger partial charge in [-0.2, -0.15) is 0 Å². The lowest BCUT2D eigenvalue weighted by atomic mass is 10.4. The lowest BCUT2D eigenvalue weighted by molar-refractivity contribution is 0.838. The zero-order valence-electron chi connectivity index (χ0n) is 5.24. The van der Waals surface area contributed by atoms with E-state index in [-0.39, 0.29) is 11.2 Å². The standard InChI is InChI=1S/C5H8Cl3N/c1-3(2)9-5(8)4(6)7/h3-4H,1-2H3/b9-5+. The molecule has 0 N–H and O–H groups in total. The van der Waals surface area contributed by atoms with Crippen LogP contribution in [0.2, 0.25) is 0 Å². The van der Waals surface area contributed by atoms with Gasteiger partial charge in [0.15, 0.2) is 4.84 Å². The van der Waals surface area contributed by atoms with Gasteiger partial charge in [0.25, 0.3) is 0 Å². The monoisotopic (exact) mass is 187 g/mol. The number of aliphatic imine (C=N–C) groups is 1. The normalized spacial score (nSPS) is 13.4. The first-order valence-electron chi connectivity index (χ1n) is 2.55. The van der Waals surface area contributed by atoms with Gasteiger partial charge in [0, 0.05) is 6.04 Å². The molecule has 0 rings (SSSR count). The smallest absolute Gasteiger partial charge is 0.160 e. The number of halogens is 3. The van der Waals surface area contributed by atoms with E-state index in [4.69, 9.17) is 34.8 Å². The Labute approximate surface area is 70.0 Å². The first-order valence-corrected chi connectivity index (χ1v) is 3.80. The first-order chi connectivity index (χ1) is 4.04. The molecule has 0 aliphatic heterocycles. The van der Waals surface area contributed by atoms with Gasteiger partial charge in [-0.05, 0) is 13.8 Å². The van der Waals surface area contributed by atoms with Crippen LogP contribution in [-0.4, -0.2) is 16.0 Å². The van der Waals surface area contributed by atoms with E-state index < -0.39 is 4.84 Å². The molecular weight excluding hydrogens is 180 g/mol. The fraction of sp³-hybridized carbons (Fsp3) is 0.800. The van der Waals surface area contributed by atoms with Crippen molar-refractivity contribution in [3.05, 3.63) is 0 Å². The van der Waals surface area contributed by atoms with Crippen LogP contribution in [0.15, 0.2) is 4.99 Å². The van der Waals surface area contributed by atoms with Gasteiger partial charge in [0.2, 0.25) is 0 Å². The van der Waals surface area contributed by atoms with Crippen LogP contribution in [-0.2, 0) is 0 Å². The highest BCUT2D eigenvalue weighted by molar-refractivity contribution is 6.77. The molecule has 0 unspecified atom stereocenters. The Morgan fingerprint density at radius 3 is 1.89 bits per heavy atom. The van der Waals surface area contributed by atoms with E-state index in [1.165, 1.54) is 0 Å². The lowest BCUT2D eigenvalue weighted by Gasteiger charge is -1.99. The maximum Gasteiger partial charge on any atom is 0.160 e. The summed E-state index contributed by atoms with van der Waals surface area (Å²) in [5.74, 6) is 0. The van der Waals surface area contributed by atoms with Crippen LogP contribution in [0.3, 0.4) is 0 Å². The van der Waals surface area contributed by atoms with Crippen LogP contribution < -0.4 is 0 Å². The molecule has 0 spiro atoms. The Morgan fingerprint density at radius 1 is 1.33 bits per heavy atom. The van der Waals surface area contributed by atoms with Crippen molar-refractivity contribution in [2.45, 2.75) is 24.7 Å². The molecule has 0 bridgehead atoms. The minimum Gasteiger partial charge on any atom is -0.272 e. The van der Waals surface area contributed by atoms with E-state index in [9.17, 15) is 0 Å². The van der Waals surface area contributed by atoms with E-state index in [1.54, 1.807) is 0 Å². The fourth-order valence-corrected chi connectivity index (χ4v) is 0.611. The van der Waals surface area contributed by atoms with E-state index >= 15 is 0 Å². The predicted octanol–water partition coefficient (Wildman–Crippen LogP) is 2.84. The van der Waals surface area contributed by atoms with Gasteiger partial charge in [-0.1, -0.05) is 34.8 Å². The van der Waals surface area contributed by atoms with Crippen LogP contribution in [0.5, 0.6) is 0 Å². The van der Waals surface area contributed by atoms with Crippen LogP contribution in [0, 0.1) is 0 Å². The second-order valence-electron chi connectivity index (χ2n) is 1.85. The molecule has 0 heterocycles. The summed E-state index contributed by atoms with van der Waals surface area (Å²) in [7, 11) is 0. The largest absolute Gasteiger partial charge is 0.272 e. The highest BCUT2D eigenvalue weighted by Crippen LogP contribution is 2.08. The zero-order chi connectivity index (χ0) is 7.44. The Kier molecular flexibility index (Phi) is 4.63. The highest BCUT2D eigenvalue weighted by atomic mass is 35.5. The first kappa shape index (κ1) is 9.54. The van der Waals surface area contributed by atoms with E-state index in [1.807, 2.05) is 13.8 Å². The van der Waals surface area contributed by atoms with Crippen molar-refractivity contribution in [2.75, 3.05) is 0 Å². The average Bonchev–Trinajstić information content (AvgIpc) is 1.63. The van der Waals surface area contributed by atoms with Crippen LogP contribution in [0.25, 0.3) is 0 Å². The van der Waals surface area contributed by atoms with Crippen molar-refractivity contribution in [1.82, 2.24) is 0 Å². The third kappa shape index (κ3) is 5.01. The molecule has 9 heavy (non-hydrogen) atoms. The Morgan fingerprint density at radius 2 is 1.78 bits per heavy atom. The molecule has 0 fully saturated rings. The Balaban J connectivity index is 3.84. The van der Waals surface area contributed by atoms with Crippen LogP contribution in [0.4, 0.5) is 0 Å². The van der Waals surface area contributed by atoms with Crippen LogP contribution >= 0.6 is 34.8 Å². The summed E-state index contributed by atoms with van der Waals surface area (Å²) in [4.78, 5) is 3.21. The van der Waals surface area contributed by atoms with Crippen molar-refractivity contribution >= 4 is 40.0 Å². The van der Waals surface area contributed by atoms with Crippen molar-refractivity contribution in [3.63, 3.8) is 0 Å². The Bertz CT molecular complexity index is 109. The van der Waals surface area contributed by atoms with Gasteiger partial charge in [-0.15, -0.1) is 0 Å². The third-order valence-corrected chi connectivity index (χ3v) is 1.51. The van der Waals surface area contributed by atoms with Gasteiger partial charge in [0.1, 0.15) is 5.17 Å². The number of nitrogens with zero attached hydrogens (tertiary/aromatic N) is 1. The van der Waals surface area contributed by atoms with Gasteiger partial charge >= 0.3 is 0 Å². The van der Waals surface area contributed by atoms with Gasteiger partial charge in [0.05, 0.1) is 0 Å². The maximum atomic E-state index is 5.50. The Hall–Kier alpha value is 0.540. The minimum absolute atomic E-state index is 0.150. The summed E-state index contributed by atoms with van der Waals surface area (Å²) >= 11 is 16.2. The quantitative estimate of drug-likeness (QED) is 0.467. The van der Waals surface area contributed by atoms with E-state index in [2.05, 4.69) is 4.99 Å². The van der Waals surface area contributed by atoms with E-state index in [0.717, 1.165) is 0 Å². The predicted molar refractivity (Wildman–Crippen MR) is 43.9 cm³/mol. The number of hydrogen-bond donors (Lipinski definition) is 0. The highest BCUT2D eigenvalue weighted by Gasteiger charge is 2.04. The molecule has 0 radical (unpaired) electrons. The topological polar surface area (TPSA) is 12.4 Å². The maximum absolute atomic E-state index is 5.50. The minimum atomic E-state index is -0.686.